The van der Waals surface area contributed by atoms with Crippen molar-refractivity contribution in [2.45, 2.75) is 103 Å². The number of carbonyl (C=O) groups is 3. The molecule has 312 valence electrons. The minimum absolute atomic E-state index is 0.0914. The predicted molar refractivity (Wildman–Crippen MR) is 210 cm³/mol. The summed E-state index contributed by atoms with van der Waals surface area (Å²) in [7, 11) is 0. The molecule has 14 nitrogen and oxygen atoms in total. The van der Waals surface area contributed by atoms with Gasteiger partial charge in [0.15, 0.2) is 6.29 Å². The van der Waals surface area contributed by atoms with Gasteiger partial charge in [0.2, 0.25) is 5.91 Å². The molecule has 4 rings (SSSR count). The Morgan fingerprint density at radius 2 is 1.18 bits per heavy atom. The van der Waals surface area contributed by atoms with Crippen molar-refractivity contribution in [1.82, 2.24) is 10.6 Å². The molecule has 2 amide bonds. The lowest BCUT2D eigenvalue weighted by molar-refractivity contribution is -0.321. The summed E-state index contributed by atoms with van der Waals surface area (Å²) in [5, 5.41) is 14.2. The highest BCUT2D eigenvalue weighted by Gasteiger charge is 2.47. The number of nitrogens with one attached hydrogen (secondary N) is 2. The van der Waals surface area contributed by atoms with E-state index >= 15 is 0 Å². The van der Waals surface area contributed by atoms with Crippen LogP contribution < -0.4 is 10.6 Å². The highest BCUT2D eigenvalue weighted by atomic mass is 16.7. The van der Waals surface area contributed by atoms with E-state index in [0.29, 0.717) is 19.8 Å². The number of amides is 2. The maximum absolute atomic E-state index is 12.7. The molecule has 57 heavy (non-hydrogen) atoms. The molecule has 3 N–H and O–H groups in total. The largest absolute Gasteiger partial charge is 0.481 e. The minimum atomic E-state index is -1.08. The van der Waals surface area contributed by atoms with E-state index in [9.17, 15) is 14.4 Å². The zero-order valence-corrected chi connectivity index (χ0v) is 33.3. The van der Waals surface area contributed by atoms with E-state index in [1.54, 1.807) is 20.8 Å². The topological polar surface area (TPSA) is 169 Å². The van der Waals surface area contributed by atoms with Crippen LogP contribution in [0.1, 0.15) is 57.2 Å². The maximum Gasteiger partial charge on any atom is 0.408 e. The fourth-order valence-corrected chi connectivity index (χ4v) is 5.90. The van der Waals surface area contributed by atoms with Crippen LogP contribution in [0.3, 0.4) is 0 Å². The van der Waals surface area contributed by atoms with Crippen LogP contribution in [0.15, 0.2) is 91.0 Å². The van der Waals surface area contributed by atoms with Crippen molar-refractivity contribution in [3.8, 4) is 0 Å². The standard InChI is InChI=1S/C43H58N2O12/c1-31-37(53-28-32-14-8-5-9-15-32)38(54-29-33-16-10-6-11-17-33)39(55-30-34-18-12-7-13-19-34)41(56-31)52-27-26-51-25-24-50-23-22-44-40(48)35(20-21-36(46)47)45-42(49)57-43(2,3)4/h5-19,31,35,37-39,41H,20-30H2,1-4H3,(H,44,48)(H,45,49)(H,46,47)/t31-,35-,37+,38+,39-,41+/m0/s1. The van der Waals surface area contributed by atoms with Gasteiger partial charge in [-0.25, -0.2) is 4.79 Å². The van der Waals surface area contributed by atoms with Crippen LogP contribution in [0.5, 0.6) is 0 Å². The second kappa shape index (κ2) is 24.4. The SMILES string of the molecule is C[C@@H]1O[C@@H](OCCOCCOCCNC(=O)[C@H](CCC(=O)O)NC(=O)OC(C)(C)C)[C@@H](OCc2ccccc2)[C@H](OCc2ccccc2)[C@@H]1OCc1ccccc1. The molecule has 6 atom stereocenters. The third kappa shape index (κ3) is 17.3. The normalized spacial score (nSPS) is 20.0. The molecule has 1 fully saturated rings. The van der Waals surface area contributed by atoms with E-state index in [0.717, 1.165) is 16.7 Å². The number of benzene rings is 3. The summed E-state index contributed by atoms with van der Waals surface area (Å²) >= 11 is 0. The number of carbonyl (C=O) groups excluding carboxylic acids is 2. The van der Waals surface area contributed by atoms with Gasteiger partial charge in [0, 0.05) is 13.0 Å². The lowest BCUT2D eigenvalue weighted by Gasteiger charge is -2.45. The van der Waals surface area contributed by atoms with E-state index in [4.69, 9.17) is 43.0 Å². The summed E-state index contributed by atoms with van der Waals surface area (Å²) in [6.45, 7) is 9.37. The molecule has 1 aliphatic heterocycles. The highest BCUT2D eigenvalue weighted by Crippen LogP contribution is 2.31. The van der Waals surface area contributed by atoms with Gasteiger partial charge in [-0.15, -0.1) is 0 Å². The van der Waals surface area contributed by atoms with Crippen molar-refractivity contribution in [1.29, 1.82) is 0 Å². The van der Waals surface area contributed by atoms with Crippen LogP contribution in [0, 0.1) is 0 Å². The fourth-order valence-electron chi connectivity index (χ4n) is 5.90. The Morgan fingerprint density at radius 3 is 1.70 bits per heavy atom. The highest BCUT2D eigenvalue weighted by molar-refractivity contribution is 5.86. The molecule has 0 radical (unpaired) electrons. The number of carboxylic acid groups (broad SMARTS) is 1. The van der Waals surface area contributed by atoms with E-state index in [1.165, 1.54) is 0 Å². The van der Waals surface area contributed by atoms with Gasteiger partial charge in [0.05, 0.1) is 59.0 Å². The predicted octanol–water partition coefficient (Wildman–Crippen LogP) is 5.41. The molecule has 3 aromatic rings. The first kappa shape index (κ1) is 45.3. The molecule has 3 aromatic carbocycles. The van der Waals surface area contributed by atoms with Crippen LogP contribution in [0.2, 0.25) is 0 Å². The zero-order chi connectivity index (χ0) is 40.9. The Bertz CT molecular complexity index is 1590. The summed E-state index contributed by atoms with van der Waals surface area (Å²) in [6, 6.07) is 28.7. The number of alkyl carbamates (subject to hydrolysis) is 1. The summed E-state index contributed by atoms with van der Waals surface area (Å²) in [5.41, 5.74) is 2.28. The number of hydrogen-bond donors (Lipinski definition) is 3. The Labute approximate surface area is 335 Å². The molecule has 0 unspecified atom stereocenters. The molecule has 1 saturated heterocycles. The maximum atomic E-state index is 12.7. The Kier molecular flexibility index (Phi) is 19.4. The number of aliphatic carboxylic acids is 1. The molecule has 1 heterocycles. The van der Waals surface area contributed by atoms with Crippen molar-refractivity contribution in [3.05, 3.63) is 108 Å². The third-order valence-corrected chi connectivity index (χ3v) is 8.66. The minimum Gasteiger partial charge on any atom is -0.481 e. The monoisotopic (exact) mass is 794 g/mol. The van der Waals surface area contributed by atoms with Gasteiger partial charge in [0.1, 0.15) is 30.0 Å². The Morgan fingerprint density at radius 1 is 0.684 bits per heavy atom. The van der Waals surface area contributed by atoms with Crippen LogP contribution >= 0.6 is 0 Å². The molecular weight excluding hydrogens is 736 g/mol. The van der Waals surface area contributed by atoms with Gasteiger partial charge in [-0.1, -0.05) is 91.0 Å². The average Bonchev–Trinajstić information content (AvgIpc) is 3.18. The van der Waals surface area contributed by atoms with Crippen molar-refractivity contribution in [2.75, 3.05) is 39.6 Å². The number of ether oxygens (including phenoxy) is 8. The van der Waals surface area contributed by atoms with Crippen molar-refractivity contribution < 1.29 is 57.4 Å². The van der Waals surface area contributed by atoms with Crippen LogP contribution in [0.4, 0.5) is 4.79 Å². The Hall–Kier alpha value is -4.41. The molecule has 14 heteroatoms. The van der Waals surface area contributed by atoms with E-state index in [1.807, 2.05) is 97.9 Å². The van der Waals surface area contributed by atoms with E-state index in [2.05, 4.69) is 10.6 Å². The van der Waals surface area contributed by atoms with E-state index < -0.39 is 54.2 Å². The molecule has 0 spiro atoms. The first-order chi connectivity index (χ1) is 27.5. The second-order valence-corrected chi connectivity index (χ2v) is 14.5. The molecule has 0 aromatic heterocycles. The number of rotatable bonds is 24. The fraction of sp³-hybridized carbons (Fsp3) is 0.512. The summed E-state index contributed by atoms with van der Waals surface area (Å²) in [6.07, 6.45) is -3.96. The first-order valence-electron chi connectivity index (χ1n) is 19.4. The van der Waals surface area contributed by atoms with E-state index in [-0.39, 0.29) is 58.5 Å². The van der Waals surface area contributed by atoms with Gasteiger partial charge in [-0.05, 0) is 50.8 Å². The van der Waals surface area contributed by atoms with Crippen LogP contribution in [-0.4, -0.2) is 105 Å². The third-order valence-electron chi connectivity index (χ3n) is 8.66. The first-order valence-corrected chi connectivity index (χ1v) is 19.4. The van der Waals surface area contributed by atoms with Crippen molar-refractivity contribution in [2.24, 2.45) is 0 Å². The van der Waals surface area contributed by atoms with Gasteiger partial charge in [-0.3, -0.25) is 9.59 Å². The molecule has 0 bridgehead atoms. The van der Waals surface area contributed by atoms with Gasteiger partial charge in [0.25, 0.3) is 0 Å². The smallest absolute Gasteiger partial charge is 0.408 e. The lowest BCUT2D eigenvalue weighted by Crippen LogP contribution is -2.60. The summed E-state index contributed by atoms with van der Waals surface area (Å²) < 4.78 is 48.9. The van der Waals surface area contributed by atoms with Crippen LogP contribution in [-0.2, 0) is 67.3 Å². The molecule has 0 saturated carbocycles. The number of carboxylic acids is 1. The molecular formula is C43H58N2O12. The lowest BCUT2D eigenvalue weighted by atomic mass is 9.98. The average molecular weight is 795 g/mol. The van der Waals surface area contributed by atoms with Crippen LogP contribution in [0.25, 0.3) is 0 Å². The zero-order valence-electron chi connectivity index (χ0n) is 33.3. The molecule has 0 aliphatic carbocycles. The van der Waals surface area contributed by atoms with Crippen molar-refractivity contribution >= 4 is 18.0 Å². The van der Waals surface area contributed by atoms with Crippen molar-refractivity contribution in [3.63, 3.8) is 0 Å². The quantitative estimate of drug-likeness (QED) is 0.0988. The summed E-state index contributed by atoms with van der Waals surface area (Å²) in [4.78, 5) is 35.9. The van der Waals surface area contributed by atoms with Gasteiger partial charge >= 0.3 is 12.1 Å². The molecule has 1 aliphatic rings. The van der Waals surface area contributed by atoms with Gasteiger partial charge < -0.3 is 53.6 Å². The van der Waals surface area contributed by atoms with Gasteiger partial charge in [-0.2, -0.15) is 0 Å². The summed E-state index contributed by atoms with van der Waals surface area (Å²) in [5.74, 6) is -1.62. The second-order valence-electron chi connectivity index (χ2n) is 14.5. The number of hydrogen-bond acceptors (Lipinski definition) is 11. The Balaban J connectivity index is 1.26.